The first kappa shape index (κ1) is 24.1. The third-order valence-electron chi connectivity index (χ3n) is 6.25. The number of fused-ring (bicyclic) bond motifs is 1. The molecule has 1 atom stereocenters. The maximum Gasteiger partial charge on any atom is 0.403 e. The lowest BCUT2D eigenvalue weighted by Crippen LogP contribution is -2.40. The molecule has 0 saturated heterocycles. The number of carbonyl (C=O) groups excluding carboxylic acids is 1. The molecule has 0 spiro atoms. The average molecular weight is 499 g/mol. The van der Waals surface area contributed by atoms with E-state index >= 15 is 0 Å². The number of ether oxygens (including phenoxy) is 1. The molecule has 34 heavy (non-hydrogen) atoms. The largest absolute Gasteiger partial charge is 0.478 e. The van der Waals surface area contributed by atoms with Gasteiger partial charge in [-0.15, -0.1) is 0 Å². The number of hydrogen-bond acceptors (Lipinski definition) is 5. The van der Waals surface area contributed by atoms with Crippen molar-refractivity contribution in [2.24, 2.45) is 12.5 Å². The van der Waals surface area contributed by atoms with Gasteiger partial charge in [-0.1, -0.05) is 17.7 Å². The van der Waals surface area contributed by atoms with Gasteiger partial charge in [-0.05, 0) is 36.6 Å². The van der Waals surface area contributed by atoms with Crippen LogP contribution in [-0.4, -0.2) is 45.9 Å². The summed E-state index contributed by atoms with van der Waals surface area (Å²) in [5.74, 6) is -1.73. The molecule has 1 unspecified atom stereocenters. The number of imidazole rings is 1. The molecule has 1 fully saturated rings. The minimum absolute atomic E-state index is 0.0974. The van der Waals surface area contributed by atoms with Crippen molar-refractivity contribution in [2.75, 3.05) is 12.4 Å². The van der Waals surface area contributed by atoms with Crippen LogP contribution in [0.25, 0.3) is 6.08 Å². The number of carboxylic acid groups (broad SMARTS) is 1. The summed E-state index contributed by atoms with van der Waals surface area (Å²) >= 11 is 6.30. The van der Waals surface area contributed by atoms with E-state index < -0.39 is 29.6 Å². The highest BCUT2D eigenvalue weighted by atomic mass is 35.5. The average Bonchev–Trinajstić information content (AvgIpc) is 3.55. The zero-order chi connectivity index (χ0) is 24.8. The van der Waals surface area contributed by atoms with Crippen molar-refractivity contribution in [1.29, 1.82) is 0 Å². The van der Waals surface area contributed by atoms with Gasteiger partial charge in [0.05, 0.1) is 28.1 Å². The van der Waals surface area contributed by atoms with Crippen molar-refractivity contribution in [3.8, 4) is 0 Å². The second-order valence-electron chi connectivity index (χ2n) is 8.36. The lowest BCUT2D eigenvalue weighted by atomic mass is 9.97. The molecule has 4 rings (SSSR count). The zero-order valence-electron chi connectivity index (χ0n) is 18.3. The molecule has 2 aromatic rings. The summed E-state index contributed by atoms with van der Waals surface area (Å²) in [4.78, 5) is 28.1. The zero-order valence-corrected chi connectivity index (χ0v) is 19.0. The number of aliphatic carboxylic acids is 1. The number of methoxy groups -OCH3 is 1. The maximum atomic E-state index is 13.1. The molecule has 3 N–H and O–H groups in total. The second kappa shape index (κ2) is 8.62. The first-order valence-corrected chi connectivity index (χ1v) is 10.8. The Morgan fingerprint density at radius 2 is 2.06 bits per heavy atom. The monoisotopic (exact) mass is 498 g/mol. The number of amides is 1. The van der Waals surface area contributed by atoms with Gasteiger partial charge in [-0.25, -0.2) is 9.78 Å². The van der Waals surface area contributed by atoms with Crippen LogP contribution in [-0.2, 0) is 34.3 Å². The molecule has 0 aliphatic heterocycles. The highest BCUT2D eigenvalue weighted by Gasteiger charge is 2.68. The number of benzene rings is 1. The van der Waals surface area contributed by atoms with E-state index in [2.05, 4.69) is 15.6 Å². The molecule has 1 amide bonds. The maximum absolute atomic E-state index is 13.1. The summed E-state index contributed by atoms with van der Waals surface area (Å²) in [6.07, 6.45) is -3.82. The summed E-state index contributed by atoms with van der Waals surface area (Å²) in [5.41, 5.74) is 0.0430. The first-order valence-electron chi connectivity index (χ1n) is 10.4. The lowest BCUT2D eigenvalue weighted by molar-refractivity contribution is -0.192. The van der Waals surface area contributed by atoms with Crippen LogP contribution in [0.5, 0.6) is 0 Å². The molecule has 0 bridgehead atoms. The fourth-order valence-electron chi connectivity index (χ4n) is 3.97. The van der Waals surface area contributed by atoms with Crippen molar-refractivity contribution < 1.29 is 32.6 Å². The number of halogens is 4. The van der Waals surface area contributed by atoms with Crippen LogP contribution < -0.4 is 10.6 Å². The van der Waals surface area contributed by atoms with Crippen LogP contribution >= 0.6 is 11.6 Å². The predicted octanol–water partition coefficient (Wildman–Crippen LogP) is 3.81. The number of alkyl halides is 3. The molecule has 2 aliphatic carbocycles. The molecule has 8 nitrogen and oxygen atoms in total. The fourth-order valence-corrected chi connectivity index (χ4v) is 4.14. The van der Waals surface area contributed by atoms with Crippen LogP contribution in [0.15, 0.2) is 23.8 Å². The highest BCUT2D eigenvalue weighted by Crippen LogP contribution is 2.57. The normalized spacial score (nSPS) is 18.6. The summed E-state index contributed by atoms with van der Waals surface area (Å²) in [7, 11) is 3.19. The molecule has 12 heteroatoms. The number of hydrogen-bond donors (Lipinski definition) is 3. The summed E-state index contributed by atoms with van der Waals surface area (Å²) in [5, 5.41) is 15.2. The molecule has 1 aromatic heterocycles. The third-order valence-corrected chi connectivity index (χ3v) is 6.58. The van der Waals surface area contributed by atoms with Crippen molar-refractivity contribution >= 4 is 41.2 Å². The minimum atomic E-state index is -4.57. The molecule has 1 saturated carbocycles. The topological polar surface area (TPSA) is 105 Å². The van der Waals surface area contributed by atoms with Gasteiger partial charge < -0.3 is 25.0 Å². The van der Waals surface area contributed by atoms with E-state index in [1.54, 1.807) is 29.8 Å². The standard InChI is InChI=1S/C22H22ClF3N4O4/c1-30-16-9-17(34-2)12(18(31)32)8-15(16)29-20(30)28-14-7-11(3-4-13(14)23)10-27-19(33)21(5-6-21)22(24,25)26/h3-4,7-8,17H,5-6,9-10H2,1-2H3,(H,27,33)(H,28,29)(H,31,32). The summed E-state index contributed by atoms with van der Waals surface area (Å²) < 4.78 is 46.5. The lowest BCUT2D eigenvalue weighted by Gasteiger charge is -2.20. The van der Waals surface area contributed by atoms with E-state index in [0.717, 1.165) is 5.69 Å². The van der Waals surface area contributed by atoms with Gasteiger partial charge in [0.1, 0.15) is 5.41 Å². The van der Waals surface area contributed by atoms with Crippen LogP contribution in [0.4, 0.5) is 24.8 Å². The molecule has 1 aromatic carbocycles. The van der Waals surface area contributed by atoms with E-state index in [1.165, 1.54) is 13.2 Å². The molecule has 1 heterocycles. The van der Waals surface area contributed by atoms with Crippen LogP contribution in [0.1, 0.15) is 29.8 Å². The molecule has 2 aliphatic rings. The Hall–Kier alpha value is -3.05. The SMILES string of the molecule is COC1Cc2c(nc(Nc3cc(CNC(=O)C4(C(F)(F)F)CC4)ccc3Cl)n2C)C=C1C(=O)O. The Kier molecular flexibility index (Phi) is 6.11. The Labute approximate surface area is 197 Å². The van der Waals surface area contributed by atoms with Crippen LogP contribution in [0.3, 0.4) is 0 Å². The summed E-state index contributed by atoms with van der Waals surface area (Å²) in [6, 6.07) is 4.78. The van der Waals surface area contributed by atoms with Gasteiger partial charge in [-0.2, -0.15) is 13.2 Å². The fraction of sp³-hybridized carbons (Fsp3) is 0.409. The number of nitrogens with zero attached hydrogens (tertiary/aromatic N) is 2. The number of aromatic nitrogens is 2. The van der Waals surface area contributed by atoms with E-state index in [4.69, 9.17) is 16.3 Å². The highest BCUT2D eigenvalue weighted by molar-refractivity contribution is 6.33. The van der Waals surface area contributed by atoms with Gasteiger partial charge >= 0.3 is 12.1 Å². The van der Waals surface area contributed by atoms with Gasteiger partial charge in [0.2, 0.25) is 11.9 Å². The van der Waals surface area contributed by atoms with E-state index in [0.29, 0.717) is 34.3 Å². The van der Waals surface area contributed by atoms with Crippen molar-refractivity contribution in [1.82, 2.24) is 14.9 Å². The first-order chi connectivity index (χ1) is 16.0. The Morgan fingerprint density at radius 3 is 2.65 bits per heavy atom. The van der Waals surface area contributed by atoms with Gasteiger partial charge in [-0.3, -0.25) is 4.79 Å². The van der Waals surface area contributed by atoms with E-state index in [9.17, 15) is 27.9 Å². The minimum Gasteiger partial charge on any atom is -0.478 e. The van der Waals surface area contributed by atoms with Crippen molar-refractivity contribution in [3.05, 3.63) is 45.7 Å². The number of rotatable bonds is 7. The molecular formula is C22H22ClF3N4O4. The predicted molar refractivity (Wildman–Crippen MR) is 118 cm³/mol. The van der Waals surface area contributed by atoms with Gasteiger partial charge in [0, 0.05) is 32.8 Å². The van der Waals surface area contributed by atoms with E-state index in [1.807, 2.05) is 0 Å². The quantitative estimate of drug-likeness (QED) is 0.536. The van der Waals surface area contributed by atoms with Gasteiger partial charge in [0.15, 0.2) is 0 Å². The second-order valence-corrected chi connectivity index (χ2v) is 8.77. The Balaban J connectivity index is 1.52. The Bertz CT molecular complexity index is 1190. The molecule has 182 valence electrons. The third kappa shape index (κ3) is 4.25. The Morgan fingerprint density at radius 1 is 1.35 bits per heavy atom. The number of anilines is 2. The number of carbonyl (C=O) groups is 2. The molecular weight excluding hydrogens is 477 g/mol. The molecule has 0 radical (unpaired) electrons. The smallest absolute Gasteiger partial charge is 0.403 e. The van der Waals surface area contributed by atoms with Crippen LogP contribution in [0, 0.1) is 5.41 Å². The number of nitrogens with one attached hydrogen (secondary N) is 2. The number of carboxylic acids is 1. The van der Waals surface area contributed by atoms with E-state index in [-0.39, 0.29) is 25.0 Å². The summed E-state index contributed by atoms with van der Waals surface area (Å²) in [6.45, 7) is -0.0974. The van der Waals surface area contributed by atoms with Crippen molar-refractivity contribution in [3.63, 3.8) is 0 Å². The van der Waals surface area contributed by atoms with Gasteiger partial charge in [0.25, 0.3) is 0 Å². The van der Waals surface area contributed by atoms with Crippen LogP contribution in [0.2, 0.25) is 5.02 Å². The van der Waals surface area contributed by atoms with Crippen molar-refractivity contribution in [2.45, 2.75) is 38.1 Å².